The van der Waals surface area contributed by atoms with Gasteiger partial charge in [-0.25, -0.2) is 14.6 Å². The van der Waals surface area contributed by atoms with Gasteiger partial charge >= 0.3 is 11.9 Å². The van der Waals surface area contributed by atoms with E-state index in [1.54, 1.807) is 6.20 Å². The Morgan fingerprint density at radius 3 is 1.83 bits per heavy atom. The highest BCUT2D eigenvalue weighted by Gasteiger charge is 2.16. The van der Waals surface area contributed by atoms with Crippen molar-refractivity contribution in [2.24, 2.45) is 0 Å². The van der Waals surface area contributed by atoms with E-state index in [2.05, 4.69) is 9.97 Å². The molecule has 3 aromatic heterocycles. The van der Waals surface area contributed by atoms with Gasteiger partial charge in [0.1, 0.15) is 30.5 Å². The van der Waals surface area contributed by atoms with Crippen LogP contribution >= 0.6 is 0 Å². The molecule has 0 saturated heterocycles. The van der Waals surface area contributed by atoms with Crippen LogP contribution in [-0.2, 0) is 18.9 Å². The molecule has 0 bridgehead atoms. The Bertz CT molecular complexity index is 1790. The number of carboxylic acids is 2. The van der Waals surface area contributed by atoms with Gasteiger partial charge < -0.3 is 38.6 Å². The van der Waals surface area contributed by atoms with Crippen LogP contribution in [0.5, 0.6) is 11.5 Å². The van der Waals surface area contributed by atoms with E-state index in [4.69, 9.17) is 38.6 Å². The van der Waals surface area contributed by atoms with Crippen LogP contribution in [0.1, 0.15) is 20.7 Å². The van der Waals surface area contributed by atoms with Crippen molar-refractivity contribution in [3.63, 3.8) is 0 Å². The van der Waals surface area contributed by atoms with Crippen LogP contribution in [0.15, 0.2) is 79.4 Å². The van der Waals surface area contributed by atoms with Gasteiger partial charge in [0, 0.05) is 29.4 Å². The molecule has 13 nitrogen and oxygen atoms in total. The van der Waals surface area contributed by atoms with E-state index < -0.39 is 11.9 Å². The number of hydrogen-bond donors (Lipinski definition) is 2. The third-order valence-corrected chi connectivity index (χ3v) is 6.98. The molecular weight excluding hydrogens is 610 g/mol. The zero-order chi connectivity index (χ0) is 32.8. The maximum Gasteiger partial charge on any atom is 0.336 e. The van der Waals surface area contributed by atoms with Gasteiger partial charge in [-0.05, 0) is 53.9 Å². The molecule has 0 aliphatic rings. The van der Waals surface area contributed by atoms with Crippen molar-refractivity contribution in [2.75, 3.05) is 66.1 Å². The second-order valence-corrected chi connectivity index (χ2v) is 10.1. The zero-order valence-electron chi connectivity index (χ0n) is 25.6. The van der Waals surface area contributed by atoms with E-state index in [-0.39, 0.29) is 30.1 Å². The fraction of sp³-hybridized carbons (Fsp3) is 0.294. The van der Waals surface area contributed by atoms with Crippen LogP contribution in [0, 0.1) is 0 Å². The number of carbonyl (C=O) groups is 2. The van der Waals surface area contributed by atoms with E-state index in [1.165, 1.54) is 18.2 Å². The molecule has 47 heavy (non-hydrogen) atoms. The summed E-state index contributed by atoms with van der Waals surface area (Å²) in [6.45, 7) is 3.70. The van der Waals surface area contributed by atoms with Crippen molar-refractivity contribution >= 4 is 33.6 Å². The summed E-state index contributed by atoms with van der Waals surface area (Å²) >= 11 is 0. The molecule has 246 valence electrons. The summed E-state index contributed by atoms with van der Waals surface area (Å²) in [5.41, 5.74) is 0.373. The van der Waals surface area contributed by atoms with Gasteiger partial charge in [0.05, 0.1) is 75.7 Å². The van der Waals surface area contributed by atoms with Gasteiger partial charge in [-0.2, -0.15) is 0 Å². The molecule has 5 aromatic rings. The van der Waals surface area contributed by atoms with Crippen LogP contribution in [0.3, 0.4) is 0 Å². The molecule has 2 aromatic carbocycles. The van der Waals surface area contributed by atoms with Crippen LogP contribution in [0.25, 0.3) is 27.5 Å². The molecule has 0 saturated carbocycles. The second kappa shape index (κ2) is 17.0. The number of aromatic carboxylic acids is 2. The minimum absolute atomic E-state index is 0.172. The van der Waals surface area contributed by atoms with Gasteiger partial charge in [0.25, 0.3) is 0 Å². The fourth-order valence-electron chi connectivity index (χ4n) is 4.68. The molecule has 0 spiro atoms. The van der Waals surface area contributed by atoms with Gasteiger partial charge in [0.2, 0.25) is 0 Å². The monoisotopic (exact) mass is 645 g/mol. The summed E-state index contributed by atoms with van der Waals surface area (Å²) in [6, 6.07) is 15.8. The minimum atomic E-state index is -1.34. The minimum Gasteiger partial charge on any atom is -0.491 e. The fourth-order valence-corrected chi connectivity index (χ4v) is 4.68. The van der Waals surface area contributed by atoms with Crippen molar-refractivity contribution < 1.29 is 48.2 Å². The van der Waals surface area contributed by atoms with Crippen molar-refractivity contribution in [2.45, 2.75) is 0 Å². The number of nitrogens with zero attached hydrogens (tertiary/aromatic N) is 3. The summed E-state index contributed by atoms with van der Waals surface area (Å²) in [7, 11) is 0. The lowest BCUT2D eigenvalue weighted by Gasteiger charge is -2.10. The van der Waals surface area contributed by atoms with Gasteiger partial charge in [0.15, 0.2) is 0 Å². The van der Waals surface area contributed by atoms with Crippen molar-refractivity contribution in [1.29, 1.82) is 0 Å². The van der Waals surface area contributed by atoms with Crippen molar-refractivity contribution in [3.05, 3.63) is 90.5 Å². The smallest absolute Gasteiger partial charge is 0.336 e. The molecule has 5 rings (SSSR count). The van der Waals surface area contributed by atoms with E-state index in [0.29, 0.717) is 52.9 Å². The second-order valence-electron chi connectivity index (χ2n) is 10.1. The maximum absolute atomic E-state index is 11.2. The average molecular weight is 646 g/mol. The summed E-state index contributed by atoms with van der Waals surface area (Å²) in [4.78, 5) is 31.2. The molecule has 0 aliphatic heterocycles. The first-order valence-electron chi connectivity index (χ1n) is 15.0. The van der Waals surface area contributed by atoms with Crippen molar-refractivity contribution in [3.8, 4) is 17.3 Å². The molecule has 0 amide bonds. The highest BCUT2D eigenvalue weighted by atomic mass is 16.6. The molecule has 0 radical (unpaired) electrons. The number of carboxylic acid groups (broad SMARTS) is 2. The average Bonchev–Trinajstić information content (AvgIpc) is 3.52. The lowest BCUT2D eigenvalue weighted by atomic mass is 10.1. The number of rotatable bonds is 20. The maximum atomic E-state index is 11.2. The molecule has 0 fully saturated rings. The molecule has 0 aliphatic carbocycles. The van der Waals surface area contributed by atoms with E-state index in [0.717, 1.165) is 33.2 Å². The molecule has 0 unspecified atom stereocenters. The van der Waals surface area contributed by atoms with Gasteiger partial charge in [-0.3, -0.25) is 9.55 Å². The highest BCUT2D eigenvalue weighted by molar-refractivity contribution is 6.02. The largest absolute Gasteiger partial charge is 0.491 e. The normalized spacial score (nSPS) is 11.2. The Morgan fingerprint density at radius 1 is 0.596 bits per heavy atom. The van der Waals surface area contributed by atoms with Crippen LogP contribution in [-0.4, -0.2) is 103 Å². The van der Waals surface area contributed by atoms with E-state index in [9.17, 15) is 9.59 Å². The molecule has 3 heterocycles. The summed E-state index contributed by atoms with van der Waals surface area (Å²) in [5.74, 6) is -0.828. The standard InChI is InChI=1S/C34H35N3O10/c38-33(39)29-4-3-28(21-30(29)34(40)41)47-18-16-45-14-12-43-10-9-42-11-13-44-15-17-46-27-2-1-25-20-32(36-22-26(25)19-27)37-8-6-24-5-7-35-23-31(24)37/h1-8,19-23H,9-18H2,(H,38,39)(H,40,41). The van der Waals surface area contributed by atoms with E-state index >= 15 is 0 Å². The number of pyridine rings is 2. The molecule has 0 atom stereocenters. The Hall–Kier alpha value is -5.08. The van der Waals surface area contributed by atoms with Crippen molar-refractivity contribution in [1.82, 2.24) is 14.5 Å². The number of aromatic nitrogens is 3. The first-order chi connectivity index (χ1) is 23.0. The van der Waals surface area contributed by atoms with E-state index in [1.807, 2.05) is 59.6 Å². The molecular formula is C34H35N3O10. The number of ether oxygens (including phenoxy) is 6. The Morgan fingerprint density at radius 2 is 1.19 bits per heavy atom. The number of benzene rings is 2. The van der Waals surface area contributed by atoms with Crippen LogP contribution in [0.2, 0.25) is 0 Å². The number of fused-ring (bicyclic) bond motifs is 2. The topological polar surface area (TPSA) is 161 Å². The lowest BCUT2D eigenvalue weighted by Crippen LogP contribution is -2.15. The Balaban J connectivity index is 0.862. The summed E-state index contributed by atoms with van der Waals surface area (Å²) in [5, 5.41) is 21.4. The summed E-state index contributed by atoms with van der Waals surface area (Å²) in [6.07, 6.45) is 7.45. The SMILES string of the molecule is O=C(O)c1ccc(OCCOCCOCCOCCOCCOc2ccc3cc(-n4ccc5ccncc54)ncc3c2)cc1C(=O)O. The quantitative estimate of drug-likeness (QED) is 0.114. The predicted octanol–water partition coefficient (Wildman–Crippen LogP) is 4.49. The predicted molar refractivity (Wildman–Crippen MR) is 171 cm³/mol. The first-order valence-corrected chi connectivity index (χ1v) is 15.0. The van der Waals surface area contributed by atoms with Gasteiger partial charge in [-0.15, -0.1) is 0 Å². The number of hydrogen-bond acceptors (Lipinski definition) is 10. The third-order valence-electron chi connectivity index (χ3n) is 6.98. The van der Waals surface area contributed by atoms with Crippen LogP contribution in [0.4, 0.5) is 0 Å². The summed E-state index contributed by atoms with van der Waals surface area (Å²) < 4.78 is 35.3. The van der Waals surface area contributed by atoms with Crippen LogP contribution < -0.4 is 9.47 Å². The first kappa shape index (κ1) is 33.3. The highest BCUT2D eigenvalue weighted by Crippen LogP contribution is 2.24. The third kappa shape index (κ3) is 9.47. The molecule has 13 heteroatoms. The zero-order valence-corrected chi connectivity index (χ0v) is 25.6. The lowest BCUT2D eigenvalue weighted by molar-refractivity contribution is -0.00698. The van der Waals surface area contributed by atoms with Gasteiger partial charge in [-0.1, -0.05) is 6.07 Å². The molecule has 2 N–H and O–H groups in total. The Kier molecular flexibility index (Phi) is 12.0. The Labute approximate surface area is 270 Å².